The maximum absolute atomic E-state index is 12.3. The van der Waals surface area contributed by atoms with Gasteiger partial charge >= 0.3 is 0 Å². The first-order chi connectivity index (χ1) is 12.7. The van der Waals surface area contributed by atoms with Crippen LogP contribution in [0.4, 0.5) is 0 Å². The lowest BCUT2D eigenvalue weighted by Gasteiger charge is -2.11. The Morgan fingerprint density at radius 1 is 1.42 bits per heavy atom. The number of likely N-dealkylation sites (tertiary alicyclic amines) is 1. The summed E-state index contributed by atoms with van der Waals surface area (Å²) in [5.74, 6) is 0.268. The van der Waals surface area contributed by atoms with Crippen LogP contribution in [-0.2, 0) is 13.0 Å². The summed E-state index contributed by atoms with van der Waals surface area (Å²) in [5, 5.41) is 13.6. The van der Waals surface area contributed by atoms with Crippen molar-refractivity contribution in [3.63, 3.8) is 0 Å². The molecule has 26 heavy (non-hydrogen) atoms. The summed E-state index contributed by atoms with van der Waals surface area (Å²) in [5.41, 5.74) is 2.58. The number of carbonyl (C=O) groups excluding carboxylic acids is 1. The summed E-state index contributed by atoms with van der Waals surface area (Å²) >= 11 is 0. The number of benzene rings is 1. The molecule has 0 bridgehead atoms. The Balaban J connectivity index is 1.30. The molecular weight excluding hydrogens is 332 g/mol. The summed E-state index contributed by atoms with van der Waals surface area (Å²) in [6, 6.07) is 8.16. The number of nitrogens with one attached hydrogen (secondary N) is 2. The maximum Gasteiger partial charge on any atom is 0.273 e. The normalized spacial score (nSPS) is 17.8. The highest BCUT2D eigenvalue weighted by Crippen LogP contribution is 2.17. The Morgan fingerprint density at radius 2 is 2.35 bits per heavy atom. The van der Waals surface area contributed by atoms with Crippen LogP contribution in [0.3, 0.4) is 0 Å². The zero-order valence-corrected chi connectivity index (χ0v) is 14.4. The first-order valence-electron chi connectivity index (χ1n) is 8.87. The van der Waals surface area contributed by atoms with Gasteiger partial charge in [-0.25, -0.2) is 4.98 Å². The number of nitrogens with zero attached hydrogens (tertiary/aromatic N) is 2. The van der Waals surface area contributed by atoms with Crippen molar-refractivity contribution in [2.24, 2.45) is 0 Å². The van der Waals surface area contributed by atoms with Crippen molar-refractivity contribution < 1.29 is 14.3 Å². The van der Waals surface area contributed by atoms with E-state index in [1.54, 1.807) is 0 Å². The van der Waals surface area contributed by atoms with Gasteiger partial charge in [0.1, 0.15) is 6.26 Å². The molecule has 3 heterocycles. The summed E-state index contributed by atoms with van der Waals surface area (Å²) in [7, 11) is 0. The second kappa shape index (κ2) is 7.31. The van der Waals surface area contributed by atoms with Crippen molar-refractivity contribution in [3.05, 3.63) is 53.9 Å². The highest BCUT2D eigenvalue weighted by Gasteiger charge is 2.22. The first-order valence-corrected chi connectivity index (χ1v) is 8.87. The minimum Gasteiger partial charge on any atom is -0.447 e. The van der Waals surface area contributed by atoms with Gasteiger partial charge in [-0.05, 0) is 30.5 Å². The van der Waals surface area contributed by atoms with Gasteiger partial charge < -0.3 is 19.8 Å². The number of fused-ring (bicyclic) bond motifs is 1. The van der Waals surface area contributed by atoms with E-state index in [2.05, 4.69) is 26.3 Å². The Morgan fingerprint density at radius 3 is 3.19 bits per heavy atom. The van der Waals surface area contributed by atoms with E-state index < -0.39 is 0 Å². The molecule has 4 rings (SSSR count). The monoisotopic (exact) mass is 354 g/mol. The van der Waals surface area contributed by atoms with Crippen LogP contribution in [0.5, 0.6) is 0 Å². The van der Waals surface area contributed by atoms with E-state index in [-0.39, 0.29) is 12.0 Å². The predicted molar refractivity (Wildman–Crippen MR) is 96.7 cm³/mol. The lowest BCUT2D eigenvalue weighted by atomic mass is 10.1. The summed E-state index contributed by atoms with van der Waals surface area (Å²) in [4.78, 5) is 21.8. The van der Waals surface area contributed by atoms with Crippen LogP contribution >= 0.6 is 0 Å². The zero-order valence-electron chi connectivity index (χ0n) is 14.4. The lowest BCUT2D eigenvalue weighted by molar-refractivity contribution is 0.0949. The van der Waals surface area contributed by atoms with E-state index in [1.807, 2.05) is 24.4 Å². The molecule has 0 saturated carbocycles. The number of aliphatic hydroxyl groups excluding tert-OH is 1. The molecule has 2 aromatic heterocycles. The van der Waals surface area contributed by atoms with Crippen molar-refractivity contribution in [3.8, 4) is 0 Å². The van der Waals surface area contributed by atoms with Crippen molar-refractivity contribution in [2.45, 2.75) is 25.5 Å². The van der Waals surface area contributed by atoms with E-state index >= 15 is 0 Å². The molecule has 0 spiro atoms. The number of aromatic nitrogens is 2. The number of hydrogen-bond acceptors (Lipinski definition) is 5. The fourth-order valence-corrected chi connectivity index (χ4v) is 3.40. The van der Waals surface area contributed by atoms with Gasteiger partial charge in [0.05, 0.1) is 12.6 Å². The van der Waals surface area contributed by atoms with Gasteiger partial charge in [-0.15, -0.1) is 0 Å². The topological polar surface area (TPSA) is 94.4 Å². The number of amides is 1. The Kier molecular flexibility index (Phi) is 4.73. The lowest BCUT2D eigenvalue weighted by Crippen LogP contribution is -2.26. The molecule has 1 aromatic carbocycles. The molecule has 7 nitrogen and oxygen atoms in total. The van der Waals surface area contributed by atoms with Crippen LogP contribution in [0.15, 0.2) is 41.1 Å². The Hall–Kier alpha value is -2.64. The molecule has 136 valence electrons. The van der Waals surface area contributed by atoms with Gasteiger partial charge in [0.15, 0.2) is 5.69 Å². The molecule has 7 heteroatoms. The quantitative estimate of drug-likeness (QED) is 0.626. The number of oxazole rings is 1. The molecular formula is C19H22N4O3. The highest BCUT2D eigenvalue weighted by atomic mass is 16.3. The summed E-state index contributed by atoms with van der Waals surface area (Å²) < 4.78 is 5.40. The van der Waals surface area contributed by atoms with Gasteiger partial charge in [0, 0.05) is 36.7 Å². The number of aromatic amines is 1. The SMILES string of the molecule is O=C(NCCc1cccc2[nH]ccc12)c1coc(CN2CCC(O)C2)n1. The van der Waals surface area contributed by atoms with Crippen LogP contribution in [0, 0.1) is 0 Å². The smallest absolute Gasteiger partial charge is 0.273 e. The van der Waals surface area contributed by atoms with E-state index in [1.165, 1.54) is 17.2 Å². The third-order valence-electron chi connectivity index (χ3n) is 4.76. The van der Waals surface area contributed by atoms with Crippen LogP contribution in [0.1, 0.15) is 28.4 Å². The number of β-amino-alcohol motifs (C(OH)–C–C–N with tert-alkyl or cyclic N) is 1. The second-order valence-corrected chi connectivity index (χ2v) is 6.67. The number of carbonyl (C=O) groups is 1. The van der Waals surface area contributed by atoms with Crippen LogP contribution in [0.2, 0.25) is 0 Å². The Labute approximate surface area is 151 Å². The molecule has 1 atom stereocenters. The van der Waals surface area contributed by atoms with Crippen molar-refractivity contribution in [1.82, 2.24) is 20.2 Å². The van der Waals surface area contributed by atoms with Gasteiger partial charge in [-0.2, -0.15) is 0 Å². The second-order valence-electron chi connectivity index (χ2n) is 6.67. The number of hydrogen-bond donors (Lipinski definition) is 3. The predicted octanol–water partition coefficient (Wildman–Crippen LogP) is 1.69. The van der Waals surface area contributed by atoms with Crippen molar-refractivity contribution in [2.75, 3.05) is 19.6 Å². The van der Waals surface area contributed by atoms with Gasteiger partial charge in [0.2, 0.25) is 5.89 Å². The van der Waals surface area contributed by atoms with Crippen LogP contribution in [0.25, 0.3) is 10.9 Å². The molecule has 1 aliphatic heterocycles. The molecule has 1 saturated heterocycles. The standard InChI is InChI=1S/C19H22N4O3/c24-14-6-9-23(10-14)11-18-22-17(12-26-18)19(25)21-7-4-13-2-1-3-16-15(13)5-8-20-16/h1-3,5,8,12,14,20,24H,4,6-7,9-11H2,(H,21,25). The molecule has 1 amide bonds. The van der Waals surface area contributed by atoms with Gasteiger partial charge in [-0.3, -0.25) is 9.69 Å². The summed E-state index contributed by atoms with van der Waals surface area (Å²) in [6.45, 7) is 2.48. The van der Waals surface area contributed by atoms with Crippen molar-refractivity contribution >= 4 is 16.8 Å². The number of H-pyrrole nitrogens is 1. The largest absolute Gasteiger partial charge is 0.447 e. The minimum absolute atomic E-state index is 0.234. The molecule has 1 fully saturated rings. The molecule has 1 aliphatic rings. The van der Waals surface area contributed by atoms with E-state index in [0.717, 1.165) is 24.9 Å². The van der Waals surface area contributed by atoms with E-state index in [4.69, 9.17) is 4.42 Å². The molecule has 0 radical (unpaired) electrons. The van der Waals surface area contributed by atoms with Crippen LogP contribution in [-0.4, -0.2) is 51.6 Å². The Bertz CT molecular complexity index is 901. The van der Waals surface area contributed by atoms with E-state index in [0.29, 0.717) is 31.2 Å². The first kappa shape index (κ1) is 16.8. The van der Waals surface area contributed by atoms with Gasteiger partial charge in [0.25, 0.3) is 5.91 Å². The molecule has 0 aliphatic carbocycles. The summed E-state index contributed by atoms with van der Waals surface area (Å²) in [6.07, 6.45) is 4.55. The maximum atomic E-state index is 12.3. The molecule has 3 aromatic rings. The average Bonchev–Trinajstić information content (AvgIpc) is 3.36. The van der Waals surface area contributed by atoms with Gasteiger partial charge in [-0.1, -0.05) is 12.1 Å². The van der Waals surface area contributed by atoms with Crippen molar-refractivity contribution in [1.29, 1.82) is 0 Å². The van der Waals surface area contributed by atoms with Crippen LogP contribution < -0.4 is 5.32 Å². The fourth-order valence-electron chi connectivity index (χ4n) is 3.40. The number of rotatable bonds is 6. The van der Waals surface area contributed by atoms with E-state index in [9.17, 15) is 9.90 Å². The third kappa shape index (κ3) is 3.63. The molecule has 3 N–H and O–H groups in total. The number of aliphatic hydroxyl groups is 1. The minimum atomic E-state index is -0.280. The highest BCUT2D eigenvalue weighted by molar-refractivity contribution is 5.92. The average molecular weight is 354 g/mol. The molecule has 1 unspecified atom stereocenters. The fraction of sp³-hybridized carbons (Fsp3) is 0.368. The zero-order chi connectivity index (χ0) is 17.9. The third-order valence-corrected chi connectivity index (χ3v) is 4.76.